The largest absolute Gasteiger partial charge is 0.379 e. The van der Waals surface area contributed by atoms with E-state index < -0.39 is 0 Å². The van der Waals surface area contributed by atoms with Gasteiger partial charge in [0.1, 0.15) is 5.02 Å². The third kappa shape index (κ3) is 3.11. The molecule has 1 aromatic heterocycles. The molecule has 5 heteroatoms. The van der Waals surface area contributed by atoms with Gasteiger partial charge in [0.15, 0.2) is 0 Å². The Bertz CT molecular complexity index is 500. The highest BCUT2D eigenvalue weighted by Crippen LogP contribution is 2.31. The predicted octanol–water partition coefficient (Wildman–Crippen LogP) is 3.15. The summed E-state index contributed by atoms with van der Waals surface area (Å²) in [5, 5.41) is 7.78. The van der Waals surface area contributed by atoms with Gasteiger partial charge < -0.3 is 5.32 Å². The van der Waals surface area contributed by atoms with E-state index in [-0.39, 0.29) is 10.6 Å². The molecule has 1 aliphatic rings. The highest BCUT2D eigenvalue weighted by Gasteiger charge is 2.26. The molecular weight excluding hydrogens is 262 g/mol. The summed E-state index contributed by atoms with van der Waals surface area (Å²) in [5.41, 5.74) is 0.453. The van der Waals surface area contributed by atoms with Crippen LogP contribution < -0.4 is 10.9 Å². The van der Waals surface area contributed by atoms with Crippen LogP contribution in [0.2, 0.25) is 5.02 Å². The molecule has 1 aliphatic carbocycles. The van der Waals surface area contributed by atoms with Gasteiger partial charge in [0, 0.05) is 12.6 Å². The molecule has 3 atom stereocenters. The molecule has 0 aromatic carbocycles. The molecule has 0 aliphatic heterocycles. The summed E-state index contributed by atoms with van der Waals surface area (Å²) in [6.45, 7) is 6.96. The fourth-order valence-corrected chi connectivity index (χ4v) is 3.07. The van der Waals surface area contributed by atoms with Crippen molar-refractivity contribution in [2.75, 3.05) is 5.32 Å². The molecule has 1 heterocycles. The second-order valence-corrected chi connectivity index (χ2v) is 6.02. The molecule has 0 radical (unpaired) electrons. The van der Waals surface area contributed by atoms with Crippen molar-refractivity contribution in [1.82, 2.24) is 9.78 Å². The summed E-state index contributed by atoms with van der Waals surface area (Å²) in [5.74, 6) is 1.38. The summed E-state index contributed by atoms with van der Waals surface area (Å²) in [4.78, 5) is 11.9. The molecule has 0 bridgehead atoms. The van der Waals surface area contributed by atoms with Gasteiger partial charge >= 0.3 is 0 Å². The monoisotopic (exact) mass is 283 g/mol. The van der Waals surface area contributed by atoms with Gasteiger partial charge in [-0.3, -0.25) is 4.79 Å². The zero-order chi connectivity index (χ0) is 14.0. The Morgan fingerprint density at radius 1 is 1.47 bits per heavy atom. The van der Waals surface area contributed by atoms with E-state index >= 15 is 0 Å². The highest BCUT2D eigenvalue weighted by atomic mass is 35.5. The first-order chi connectivity index (χ1) is 9.02. The molecular formula is C14H22ClN3O. The number of nitrogens with zero attached hydrogens (tertiary/aromatic N) is 2. The van der Waals surface area contributed by atoms with Crippen LogP contribution in [0.5, 0.6) is 0 Å². The van der Waals surface area contributed by atoms with Gasteiger partial charge in [-0.1, -0.05) is 25.4 Å². The van der Waals surface area contributed by atoms with Crippen LogP contribution in [0.3, 0.4) is 0 Å². The highest BCUT2D eigenvalue weighted by molar-refractivity contribution is 6.32. The second kappa shape index (κ2) is 5.95. The van der Waals surface area contributed by atoms with Crippen LogP contribution in [0.15, 0.2) is 11.0 Å². The van der Waals surface area contributed by atoms with Crippen LogP contribution >= 0.6 is 11.6 Å². The van der Waals surface area contributed by atoms with E-state index in [2.05, 4.69) is 24.3 Å². The van der Waals surface area contributed by atoms with Crippen molar-refractivity contribution in [2.24, 2.45) is 11.8 Å². The summed E-state index contributed by atoms with van der Waals surface area (Å²) in [6, 6.07) is 0.382. The van der Waals surface area contributed by atoms with Crippen LogP contribution in [-0.4, -0.2) is 15.8 Å². The lowest BCUT2D eigenvalue weighted by Gasteiger charge is -2.33. The topological polar surface area (TPSA) is 46.9 Å². The lowest BCUT2D eigenvalue weighted by molar-refractivity contribution is 0.276. The molecule has 2 rings (SSSR count). The minimum absolute atomic E-state index is 0.217. The molecule has 3 unspecified atom stereocenters. The van der Waals surface area contributed by atoms with Gasteiger partial charge in [0.25, 0.3) is 5.56 Å². The van der Waals surface area contributed by atoms with Crippen LogP contribution in [0, 0.1) is 11.8 Å². The lowest BCUT2D eigenvalue weighted by atomic mass is 9.80. The van der Waals surface area contributed by atoms with Crippen LogP contribution in [0.4, 0.5) is 5.69 Å². The van der Waals surface area contributed by atoms with Gasteiger partial charge in [0.05, 0.1) is 11.9 Å². The number of halogens is 1. The van der Waals surface area contributed by atoms with E-state index in [4.69, 9.17) is 11.6 Å². The third-order valence-electron chi connectivity index (χ3n) is 4.06. The van der Waals surface area contributed by atoms with Gasteiger partial charge in [-0.2, -0.15) is 5.10 Å². The van der Waals surface area contributed by atoms with Crippen molar-refractivity contribution in [3.05, 3.63) is 21.6 Å². The Morgan fingerprint density at radius 3 is 2.84 bits per heavy atom. The standard InChI is InChI=1S/C14H22ClN3O/c1-4-18-14(19)13(15)12(8-16-18)17-11-6-5-9(2)7-10(11)3/h8-11,17H,4-7H2,1-3H3. The maximum Gasteiger partial charge on any atom is 0.287 e. The Labute approximate surface area is 119 Å². The first-order valence-corrected chi connectivity index (χ1v) is 7.42. The zero-order valence-electron chi connectivity index (χ0n) is 11.8. The Kier molecular flexibility index (Phi) is 4.50. The van der Waals surface area contributed by atoms with Crippen molar-refractivity contribution in [3.8, 4) is 0 Å². The number of rotatable bonds is 3. The molecule has 0 saturated heterocycles. The number of hydrogen-bond donors (Lipinski definition) is 1. The van der Waals surface area contributed by atoms with Crippen molar-refractivity contribution in [1.29, 1.82) is 0 Å². The molecule has 0 spiro atoms. The number of anilines is 1. The fraction of sp³-hybridized carbons (Fsp3) is 0.714. The Balaban J connectivity index is 2.16. The fourth-order valence-electron chi connectivity index (χ4n) is 2.87. The number of aromatic nitrogens is 2. The van der Waals surface area contributed by atoms with Crippen molar-refractivity contribution >= 4 is 17.3 Å². The first-order valence-electron chi connectivity index (χ1n) is 7.05. The van der Waals surface area contributed by atoms with E-state index in [1.54, 1.807) is 6.20 Å². The van der Waals surface area contributed by atoms with Crippen molar-refractivity contribution in [3.63, 3.8) is 0 Å². The lowest BCUT2D eigenvalue weighted by Crippen LogP contribution is -2.34. The van der Waals surface area contributed by atoms with Crippen LogP contribution in [0.1, 0.15) is 40.0 Å². The first kappa shape index (κ1) is 14.4. The average Bonchev–Trinajstić information content (AvgIpc) is 2.38. The normalized spacial score (nSPS) is 27.3. The summed E-state index contributed by atoms with van der Waals surface area (Å²) in [7, 11) is 0. The van der Waals surface area contributed by atoms with Gasteiger partial charge in [0.2, 0.25) is 0 Å². The quantitative estimate of drug-likeness (QED) is 0.927. The molecule has 1 saturated carbocycles. The second-order valence-electron chi connectivity index (χ2n) is 5.64. The average molecular weight is 284 g/mol. The number of nitrogens with one attached hydrogen (secondary N) is 1. The Morgan fingerprint density at radius 2 is 2.21 bits per heavy atom. The van der Waals surface area contributed by atoms with Gasteiger partial charge in [-0.15, -0.1) is 0 Å². The predicted molar refractivity (Wildman–Crippen MR) is 78.8 cm³/mol. The molecule has 1 N–H and O–H groups in total. The molecule has 1 fully saturated rings. The van der Waals surface area contributed by atoms with E-state index in [0.717, 1.165) is 12.3 Å². The summed E-state index contributed by atoms with van der Waals surface area (Å²) < 4.78 is 1.37. The molecule has 1 aromatic rings. The van der Waals surface area contributed by atoms with Crippen molar-refractivity contribution in [2.45, 2.75) is 52.6 Å². The van der Waals surface area contributed by atoms with E-state index in [0.29, 0.717) is 24.2 Å². The smallest absolute Gasteiger partial charge is 0.287 e. The number of aryl methyl sites for hydroxylation is 1. The van der Waals surface area contributed by atoms with Crippen LogP contribution in [-0.2, 0) is 6.54 Å². The summed E-state index contributed by atoms with van der Waals surface area (Å²) in [6.07, 6.45) is 5.22. The molecule has 106 valence electrons. The minimum Gasteiger partial charge on any atom is -0.379 e. The van der Waals surface area contributed by atoms with Crippen molar-refractivity contribution < 1.29 is 0 Å². The maximum atomic E-state index is 11.9. The van der Waals surface area contributed by atoms with Crippen LogP contribution in [0.25, 0.3) is 0 Å². The third-order valence-corrected chi connectivity index (χ3v) is 4.42. The number of hydrogen-bond acceptors (Lipinski definition) is 3. The minimum atomic E-state index is -0.217. The van der Waals surface area contributed by atoms with E-state index in [1.165, 1.54) is 17.5 Å². The van der Waals surface area contributed by atoms with E-state index in [1.807, 2.05) is 6.92 Å². The summed E-state index contributed by atoms with van der Waals surface area (Å²) >= 11 is 6.14. The molecule has 0 amide bonds. The van der Waals surface area contributed by atoms with Gasteiger partial charge in [-0.25, -0.2) is 4.68 Å². The molecule has 4 nitrogen and oxygen atoms in total. The molecule has 19 heavy (non-hydrogen) atoms. The zero-order valence-corrected chi connectivity index (χ0v) is 12.6. The maximum absolute atomic E-state index is 11.9. The van der Waals surface area contributed by atoms with E-state index in [9.17, 15) is 4.79 Å². The Hall–Kier alpha value is -1.03. The van der Waals surface area contributed by atoms with Gasteiger partial charge in [-0.05, 0) is 38.0 Å². The SMILES string of the molecule is CCn1ncc(NC2CCC(C)CC2C)c(Cl)c1=O.